The standard InChI is InChI=1S/C16H22N2O2/c1-2-5-10-9-14(10)18-15-12(16(19)20)8-11-6-3-4-7-13(11)17-15/h8,10,14H,2-7,9H2,1H3,(H,17,18)(H,19,20). The summed E-state index contributed by atoms with van der Waals surface area (Å²) in [6, 6.07) is 2.26. The zero-order valence-electron chi connectivity index (χ0n) is 12.0. The fraction of sp³-hybridized carbons (Fsp3) is 0.625. The van der Waals surface area contributed by atoms with Gasteiger partial charge in [-0.25, -0.2) is 9.78 Å². The van der Waals surface area contributed by atoms with Crippen molar-refractivity contribution < 1.29 is 9.90 Å². The summed E-state index contributed by atoms with van der Waals surface area (Å²) in [5.74, 6) is 0.405. The van der Waals surface area contributed by atoms with E-state index >= 15 is 0 Å². The van der Waals surface area contributed by atoms with E-state index in [4.69, 9.17) is 0 Å². The van der Waals surface area contributed by atoms with E-state index in [0.29, 0.717) is 23.3 Å². The Kier molecular flexibility index (Phi) is 3.64. The molecule has 2 aliphatic carbocycles. The Labute approximate surface area is 119 Å². The summed E-state index contributed by atoms with van der Waals surface area (Å²) in [6.45, 7) is 2.19. The van der Waals surface area contributed by atoms with Crippen molar-refractivity contribution in [3.05, 3.63) is 22.9 Å². The maximum absolute atomic E-state index is 11.4. The third kappa shape index (κ3) is 2.65. The molecular weight excluding hydrogens is 252 g/mol. The average molecular weight is 274 g/mol. The Balaban J connectivity index is 1.83. The van der Waals surface area contributed by atoms with Crippen LogP contribution in [-0.2, 0) is 12.8 Å². The summed E-state index contributed by atoms with van der Waals surface area (Å²) in [7, 11) is 0. The molecule has 2 unspecified atom stereocenters. The molecule has 2 aliphatic rings. The number of fused-ring (bicyclic) bond motifs is 1. The topological polar surface area (TPSA) is 62.2 Å². The molecule has 0 radical (unpaired) electrons. The third-order valence-corrected chi connectivity index (χ3v) is 4.44. The minimum Gasteiger partial charge on any atom is -0.478 e. The Morgan fingerprint density at radius 2 is 2.25 bits per heavy atom. The van der Waals surface area contributed by atoms with Crippen LogP contribution in [0, 0.1) is 5.92 Å². The lowest BCUT2D eigenvalue weighted by molar-refractivity contribution is 0.0697. The number of rotatable bonds is 5. The molecule has 4 heteroatoms. The van der Waals surface area contributed by atoms with Crippen molar-refractivity contribution in [3.8, 4) is 0 Å². The third-order valence-electron chi connectivity index (χ3n) is 4.44. The SMILES string of the molecule is CCCC1CC1Nc1nc2c(cc1C(=O)O)CCCC2. The van der Waals surface area contributed by atoms with Gasteiger partial charge in [-0.05, 0) is 56.1 Å². The smallest absolute Gasteiger partial charge is 0.339 e. The number of nitrogens with zero attached hydrogens (tertiary/aromatic N) is 1. The van der Waals surface area contributed by atoms with Crippen molar-refractivity contribution >= 4 is 11.8 Å². The molecule has 1 heterocycles. The Morgan fingerprint density at radius 3 is 3.00 bits per heavy atom. The molecule has 4 nitrogen and oxygen atoms in total. The molecule has 20 heavy (non-hydrogen) atoms. The van der Waals surface area contributed by atoms with Crippen LogP contribution in [0.5, 0.6) is 0 Å². The number of aromatic carboxylic acids is 1. The number of nitrogens with one attached hydrogen (secondary N) is 1. The van der Waals surface area contributed by atoms with Crippen LogP contribution >= 0.6 is 0 Å². The van der Waals surface area contributed by atoms with Crippen molar-refractivity contribution in [1.82, 2.24) is 4.98 Å². The van der Waals surface area contributed by atoms with Crippen molar-refractivity contribution in [3.63, 3.8) is 0 Å². The van der Waals surface area contributed by atoms with Gasteiger partial charge in [0.05, 0.1) is 0 Å². The van der Waals surface area contributed by atoms with E-state index in [2.05, 4.69) is 17.2 Å². The van der Waals surface area contributed by atoms with E-state index in [9.17, 15) is 9.90 Å². The minimum atomic E-state index is -0.874. The molecule has 108 valence electrons. The van der Waals surface area contributed by atoms with Crippen LogP contribution in [0.25, 0.3) is 0 Å². The molecule has 1 aromatic rings. The van der Waals surface area contributed by atoms with Gasteiger partial charge in [-0.1, -0.05) is 13.3 Å². The van der Waals surface area contributed by atoms with Crippen LogP contribution in [0.1, 0.15) is 60.6 Å². The zero-order valence-corrected chi connectivity index (χ0v) is 12.0. The summed E-state index contributed by atoms with van der Waals surface area (Å²) < 4.78 is 0. The molecule has 2 atom stereocenters. The highest BCUT2D eigenvalue weighted by molar-refractivity contribution is 5.93. The second-order valence-corrected chi connectivity index (χ2v) is 6.04. The molecule has 3 rings (SSSR count). The highest BCUT2D eigenvalue weighted by Crippen LogP contribution is 2.38. The van der Waals surface area contributed by atoms with Crippen LogP contribution in [-0.4, -0.2) is 22.1 Å². The van der Waals surface area contributed by atoms with Gasteiger partial charge in [-0.3, -0.25) is 0 Å². The second-order valence-electron chi connectivity index (χ2n) is 6.04. The van der Waals surface area contributed by atoms with Crippen LogP contribution < -0.4 is 5.32 Å². The van der Waals surface area contributed by atoms with Crippen molar-refractivity contribution in [2.75, 3.05) is 5.32 Å². The van der Waals surface area contributed by atoms with E-state index in [1.54, 1.807) is 0 Å². The van der Waals surface area contributed by atoms with Crippen LogP contribution in [0.2, 0.25) is 0 Å². The molecule has 0 aromatic carbocycles. The normalized spacial score (nSPS) is 24.1. The lowest BCUT2D eigenvalue weighted by Gasteiger charge is -2.18. The molecule has 1 aromatic heterocycles. The number of hydrogen-bond acceptors (Lipinski definition) is 3. The van der Waals surface area contributed by atoms with E-state index < -0.39 is 5.97 Å². The lowest BCUT2D eigenvalue weighted by Crippen LogP contribution is -2.16. The molecule has 1 saturated carbocycles. The monoisotopic (exact) mass is 274 g/mol. The number of anilines is 1. The molecular formula is C16H22N2O2. The van der Waals surface area contributed by atoms with Crippen LogP contribution in [0.3, 0.4) is 0 Å². The Bertz CT molecular complexity index is 527. The number of aryl methyl sites for hydroxylation is 2. The molecule has 1 fully saturated rings. The first-order valence-corrected chi connectivity index (χ1v) is 7.71. The predicted molar refractivity (Wildman–Crippen MR) is 78.3 cm³/mol. The highest BCUT2D eigenvalue weighted by atomic mass is 16.4. The number of aromatic nitrogens is 1. The number of carboxylic acid groups (broad SMARTS) is 1. The molecule has 0 amide bonds. The van der Waals surface area contributed by atoms with Gasteiger partial charge in [-0.15, -0.1) is 0 Å². The van der Waals surface area contributed by atoms with E-state index in [0.717, 1.165) is 43.4 Å². The number of carbonyl (C=O) groups is 1. The first kappa shape index (κ1) is 13.4. The van der Waals surface area contributed by atoms with Gasteiger partial charge in [0, 0.05) is 11.7 Å². The fourth-order valence-electron chi connectivity index (χ4n) is 3.20. The van der Waals surface area contributed by atoms with Crippen LogP contribution in [0.4, 0.5) is 5.82 Å². The first-order chi connectivity index (χ1) is 9.69. The maximum Gasteiger partial charge on any atom is 0.339 e. The molecule has 0 aliphatic heterocycles. The van der Waals surface area contributed by atoms with Gasteiger partial charge in [0.15, 0.2) is 0 Å². The Hall–Kier alpha value is -1.58. The molecule has 0 saturated heterocycles. The quantitative estimate of drug-likeness (QED) is 0.865. The average Bonchev–Trinajstić information content (AvgIpc) is 3.16. The Morgan fingerprint density at radius 1 is 1.45 bits per heavy atom. The van der Waals surface area contributed by atoms with Crippen LogP contribution in [0.15, 0.2) is 6.07 Å². The number of pyridine rings is 1. The van der Waals surface area contributed by atoms with E-state index in [1.165, 1.54) is 12.8 Å². The second kappa shape index (κ2) is 5.43. The van der Waals surface area contributed by atoms with Gasteiger partial charge < -0.3 is 10.4 Å². The summed E-state index contributed by atoms with van der Waals surface area (Å²) in [4.78, 5) is 16.1. The van der Waals surface area contributed by atoms with Gasteiger partial charge >= 0.3 is 5.97 Å². The van der Waals surface area contributed by atoms with E-state index in [1.807, 2.05) is 6.07 Å². The molecule has 0 spiro atoms. The maximum atomic E-state index is 11.4. The fourth-order valence-corrected chi connectivity index (χ4v) is 3.20. The van der Waals surface area contributed by atoms with Crippen molar-refractivity contribution in [2.45, 2.75) is 57.9 Å². The van der Waals surface area contributed by atoms with Gasteiger partial charge in [0.1, 0.15) is 11.4 Å². The number of carboxylic acids is 1. The largest absolute Gasteiger partial charge is 0.478 e. The predicted octanol–water partition coefficient (Wildman–Crippen LogP) is 3.26. The van der Waals surface area contributed by atoms with Crippen molar-refractivity contribution in [2.24, 2.45) is 5.92 Å². The molecule has 0 bridgehead atoms. The van der Waals surface area contributed by atoms with Gasteiger partial charge in [0.2, 0.25) is 0 Å². The number of hydrogen-bond donors (Lipinski definition) is 2. The summed E-state index contributed by atoms with van der Waals surface area (Å²) in [6.07, 6.45) is 7.79. The van der Waals surface area contributed by atoms with E-state index in [-0.39, 0.29) is 0 Å². The summed E-state index contributed by atoms with van der Waals surface area (Å²) in [5, 5.41) is 12.7. The minimum absolute atomic E-state index is 0.341. The first-order valence-electron chi connectivity index (χ1n) is 7.71. The van der Waals surface area contributed by atoms with Crippen molar-refractivity contribution in [1.29, 1.82) is 0 Å². The van der Waals surface area contributed by atoms with Gasteiger partial charge in [0.25, 0.3) is 0 Å². The molecule has 2 N–H and O–H groups in total. The highest BCUT2D eigenvalue weighted by Gasteiger charge is 2.37. The van der Waals surface area contributed by atoms with Gasteiger partial charge in [-0.2, -0.15) is 0 Å². The zero-order chi connectivity index (χ0) is 14.1. The summed E-state index contributed by atoms with van der Waals surface area (Å²) >= 11 is 0. The summed E-state index contributed by atoms with van der Waals surface area (Å²) in [5.41, 5.74) is 2.56. The lowest BCUT2D eigenvalue weighted by atomic mass is 9.94.